The van der Waals surface area contributed by atoms with Crippen LogP contribution in [0.5, 0.6) is 0 Å². The van der Waals surface area contributed by atoms with E-state index in [0.29, 0.717) is 28.1 Å². The van der Waals surface area contributed by atoms with Crippen molar-refractivity contribution >= 4 is 28.9 Å². The van der Waals surface area contributed by atoms with E-state index in [1.165, 1.54) is 5.56 Å². The first-order chi connectivity index (χ1) is 17.4. The molecule has 1 aliphatic rings. The van der Waals surface area contributed by atoms with Gasteiger partial charge in [-0.05, 0) is 62.1 Å². The number of aromatic nitrogens is 2. The number of nitrogens with one attached hydrogen (secondary N) is 1. The van der Waals surface area contributed by atoms with E-state index < -0.39 is 6.04 Å². The highest BCUT2D eigenvalue weighted by Gasteiger charge is 2.36. The Morgan fingerprint density at radius 1 is 1.03 bits per heavy atom. The van der Waals surface area contributed by atoms with Crippen LogP contribution in [0, 0.1) is 13.8 Å². The number of allylic oxidation sites excluding steroid dienone is 1. The monoisotopic (exact) mass is 498 g/mol. The van der Waals surface area contributed by atoms with Crippen LogP contribution in [0.25, 0.3) is 17.0 Å². The first kappa shape index (κ1) is 23.8. The van der Waals surface area contributed by atoms with Crippen LogP contribution in [0.3, 0.4) is 0 Å². The van der Waals surface area contributed by atoms with E-state index in [9.17, 15) is 4.79 Å². The molecular weight excluding hydrogens is 472 g/mol. The molecule has 7 heteroatoms. The summed E-state index contributed by atoms with van der Waals surface area (Å²) in [6.45, 7) is 7.96. The number of benzene rings is 3. The van der Waals surface area contributed by atoms with E-state index >= 15 is 0 Å². The average molecular weight is 499 g/mol. The van der Waals surface area contributed by atoms with Gasteiger partial charge in [0.2, 0.25) is 5.82 Å². The lowest BCUT2D eigenvalue weighted by Gasteiger charge is -2.35. The molecule has 0 bridgehead atoms. The highest BCUT2D eigenvalue weighted by atomic mass is 35.5. The molecule has 2 heterocycles. The van der Waals surface area contributed by atoms with Crippen LogP contribution in [-0.2, 0) is 6.42 Å². The minimum absolute atomic E-state index is 0.251. The summed E-state index contributed by atoms with van der Waals surface area (Å²) in [5, 5.41) is 8.00. The number of rotatable bonds is 5. The van der Waals surface area contributed by atoms with Crippen molar-refractivity contribution in [1.82, 2.24) is 15.5 Å². The Bertz CT molecular complexity index is 1470. The topological polar surface area (TPSA) is 71.3 Å². The molecule has 0 spiro atoms. The predicted octanol–water partition coefficient (Wildman–Crippen LogP) is 7.27. The number of hydrogen-bond donors (Lipinski definition) is 1. The Kier molecular flexibility index (Phi) is 6.37. The van der Waals surface area contributed by atoms with E-state index in [1.807, 2.05) is 69.3 Å². The van der Waals surface area contributed by atoms with Gasteiger partial charge in [0.05, 0.1) is 17.3 Å². The molecule has 182 valence electrons. The van der Waals surface area contributed by atoms with Crippen molar-refractivity contribution in [3.05, 3.63) is 106 Å². The summed E-state index contributed by atoms with van der Waals surface area (Å²) in [4.78, 5) is 19.8. The number of carbonyl (C=O) groups excluding carboxylic acids is 1. The van der Waals surface area contributed by atoms with Crippen molar-refractivity contribution in [2.24, 2.45) is 0 Å². The van der Waals surface area contributed by atoms with Crippen LogP contribution < -0.4 is 10.2 Å². The van der Waals surface area contributed by atoms with Crippen LogP contribution in [0.4, 0.5) is 10.5 Å². The lowest BCUT2D eigenvalue weighted by molar-refractivity contribution is 0.244. The van der Waals surface area contributed by atoms with E-state index in [1.54, 1.807) is 11.0 Å². The Labute approximate surface area is 215 Å². The number of nitrogens with zero attached hydrogens (tertiary/aromatic N) is 3. The zero-order valence-corrected chi connectivity index (χ0v) is 21.4. The molecule has 0 fully saturated rings. The average Bonchev–Trinajstić information content (AvgIpc) is 3.36. The Hall–Kier alpha value is -3.90. The molecule has 2 amide bonds. The van der Waals surface area contributed by atoms with Crippen molar-refractivity contribution in [2.45, 2.75) is 40.2 Å². The van der Waals surface area contributed by atoms with Crippen molar-refractivity contribution < 1.29 is 9.32 Å². The second kappa shape index (κ2) is 9.63. The van der Waals surface area contributed by atoms with Gasteiger partial charge in [-0.1, -0.05) is 77.8 Å². The Morgan fingerprint density at radius 3 is 2.50 bits per heavy atom. The molecule has 6 nitrogen and oxygen atoms in total. The molecule has 5 rings (SSSR count). The number of urea groups is 1. The highest BCUT2D eigenvalue weighted by Crippen LogP contribution is 2.39. The minimum atomic E-state index is -0.452. The first-order valence-electron chi connectivity index (χ1n) is 11.9. The molecule has 0 aliphatic carbocycles. The van der Waals surface area contributed by atoms with Gasteiger partial charge < -0.3 is 9.84 Å². The lowest BCUT2D eigenvalue weighted by atomic mass is 9.93. The fourth-order valence-corrected chi connectivity index (χ4v) is 4.66. The Balaban J connectivity index is 1.65. The standard InChI is InChI=1S/C29H27ClN4O2/c1-5-20-10-12-21(13-11-20)26-25(28-32-27(33-36-28)22-8-6-7-17(2)15-22)19(4)34(29(35)31-26)23-14-9-18(3)24(30)16-23/h6-16,26H,5H2,1-4H3,(H,31,35). The third-order valence-electron chi connectivity index (χ3n) is 6.55. The summed E-state index contributed by atoms with van der Waals surface area (Å²) in [5.74, 6) is 0.854. The summed E-state index contributed by atoms with van der Waals surface area (Å²) >= 11 is 6.40. The van der Waals surface area contributed by atoms with Crippen molar-refractivity contribution in [3.63, 3.8) is 0 Å². The molecule has 1 aromatic heterocycles. The van der Waals surface area contributed by atoms with E-state index in [0.717, 1.165) is 34.2 Å². The van der Waals surface area contributed by atoms with Gasteiger partial charge in [-0.15, -0.1) is 0 Å². The van der Waals surface area contributed by atoms with Gasteiger partial charge in [-0.3, -0.25) is 4.90 Å². The number of carbonyl (C=O) groups is 1. The number of amides is 2. The smallest absolute Gasteiger partial charge is 0.326 e. The van der Waals surface area contributed by atoms with E-state index in [4.69, 9.17) is 21.1 Å². The molecule has 0 saturated heterocycles. The molecule has 1 unspecified atom stereocenters. The molecule has 1 N–H and O–H groups in total. The summed E-state index contributed by atoms with van der Waals surface area (Å²) in [6.07, 6.45) is 0.935. The number of halogens is 1. The van der Waals surface area contributed by atoms with Crippen molar-refractivity contribution in [2.75, 3.05) is 4.90 Å². The van der Waals surface area contributed by atoms with Crippen molar-refractivity contribution in [3.8, 4) is 11.4 Å². The van der Waals surface area contributed by atoms with Crippen LogP contribution in [0.1, 0.15) is 48.0 Å². The summed E-state index contributed by atoms with van der Waals surface area (Å²) in [5.41, 5.74) is 7.17. The number of aryl methyl sites for hydroxylation is 3. The maximum absolute atomic E-state index is 13.4. The molecule has 4 aromatic rings. The van der Waals surface area contributed by atoms with Gasteiger partial charge in [0.15, 0.2) is 0 Å². The fourth-order valence-electron chi connectivity index (χ4n) is 4.48. The third kappa shape index (κ3) is 4.40. The SMILES string of the molecule is CCc1ccc(C2NC(=O)N(c3ccc(C)c(Cl)c3)C(C)=C2c2nc(-c3cccc(C)c3)no2)cc1. The van der Waals surface area contributed by atoms with Gasteiger partial charge in [0, 0.05) is 16.3 Å². The second-order valence-corrected chi connectivity index (χ2v) is 9.45. The van der Waals surface area contributed by atoms with Crippen molar-refractivity contribution in [1.29, 1.82) is 0 Å². The molecule has 1 aliphatic heterocycles. The van der Waals surface area contributed by atoms with Gasteiger partial charge in [0.1, 0.15) is 0 Å². The molecular formula is C29H27ClN4O2. The van der Waals surface area contributed by atoms with Crippen LogP contribution in [0.2, 0.25) is 5.02 Å². The molecule has 3 aromatic carbocycles. The van der Waals surface area contributed by atoms with Gasteiger partial charge in [-0.2, -0.15) is 4.98 Å². The molecule has 36 heavy (non-hydrogen) atoms. The van der Waals surface area contributed by atoms with Crippen LogP contribution in [-0.4, -0.2) is 16.2 Å². The first-order valence-corrected chi connectivity index (χ1v) is 12.3. The maximum atomic E-state index is 13.4. The summed E-state index contributed by atoms with van der Waals surface area (Å²) in [6, 6.07) is 21.0. The second-order valence-electron chi connectivity index (χ2n) is 9.04. The largest absolute Gasteiger partial charge is 0.334 e. The predicted molar refractivity (Wildman–Crippen MR) is 143 cm³/mol. The van der Waals surface area contributed by atoms with Crippen LogP contribution in [0.15, 0.2) is 77.0 Å². The Morgan fingerprint density at radius 2 is 1.81 bits per heavy atom. The van der Waals surface area contributed by atoms with Gasteiger partial charge in [0.25, 0.3) is 5.89 Å². The van der Waals surface area contributed by atoms with Crippen LogP contribution >= 0.6 is 11.6 Å². The fraction of sp³-hybridized carbons (Fsp3) is 0.207. The zero-order valence-electron chi connectivity index (χ0n) is 20.7. The molecule has 0 saturated carbocycles. The highest BCUT2D eigenvalue weighted by molar-refractivity contribution is 6.31. The molecule has 1 atom stereocenters. The number of hydrogen-bond acceptors (Lipinski definition) is 4. The quantitative estimate of drug-likeness (QED) is 0.314. The third-order valence-corrected chi connectivity index (χ3v) is 6.96. The summed E-state index contributed by atoms with van der Waals surface area (Å²) < 4.78 is 5.80. The van der Waals surface area contributed by atoms with E-state index in [2.05, 4.69) is 29.5 Å². The minimum Gasteiger partial charge on any atom is -0.334 e. The van der Waals surface area contributed by atoms with E-state index in [-0.39, 0.29) is 6.03 Å². The normalized spacial score (nSPS) is 15.9. The van der Waals surface area contributed by atoms with Gasteiger partial charge >= 0.3 is 6.03 Å². The molecule has 0 radical (unpaired) electrons. The number of anilines is 1. The lowest BCUT2D eigenvalue weighted by Crippen LogP contribution is -2.46. The van der Waals surface area contributed by atoms with Gasteiger partial charge in [-0.25, -0.2) is 4.79 Å². The summed E-state index contributed by atoms with van der Waals surface area (Å²) in [7, 11) is 0. The maximum Gasteiger partial charge on any atom is 0.326 e. The zero-order chi connectivity index (χ0) is 25.4.